The van der Waals surface area contributed by atoms with Gasteiger partial charge in [-0.25, -0.2) is 9.97 Å². The lowest BCUT2D eigenvalue weighted by Crippen LogP contribution is -2.36. The summed E-state index contributed by atoms with van der Waals surface area (Å²) in [5, 5.41) is 0. The average molecular weight is 264 g/mol. The Morgan fingerprint density at radius 1 is 0.750 bits per heavy atom. The molecule has 0 radical (unpaired) electrons. The molecule has 1 aliphatic rings. The van der Waals surface area contributed by atoms with E-state index in [2.05, 4.69) is 36.0 Å². The molecule has 0 fully saturated rings. The second kappa shape index (κ2) is 4.07. The SMILES string of the molecule is CN1CCN(C)c2cc3nc4ccccc4nc3cc21. The molecule has 0 spiro atoms. The van der Waals surface area contributed by atoms with Crippen LogP contribution in [0.4, 0.5) is 11.4 Å². The van der Waals surface area contributed by atoms with Crippen molar-refractivity contribution in [2.24, 2.45) is 0 Å². The molecule has 0 N–H and O–H groups in total. The van der Waals surface area contributed by atoms with Crippen molar-refractivity contribution in [2.75, 3.05) is 37.0 Å². The quantitative estimate of drug-likeness (QED) is 0.584. The molecule has 4 heteroatoms. The van der Waals surface area contributed by atoms with Crippen LogP contribution in [0.2, 0.25) is 0 Å². The molecule has 2 aromatic carbocycles. The Labute approximate surface area is 117 Å². The lowest BCUT2D eigenvalue weighted by molar-refractivity contribution is 0.798. The van der Waals surface area contributed by atoms with Gasteiger partial charge in [0.1, 0.15) is 0 Å². The molecule has 2 heterocycles. The molecule has 0 aliphatic carbocycles. The number of anilines is 2. The fraction of sp³-hybridized carbons (Fsp3) is 0.250. The first-order valence-electron chi connectivity index (χ1n) is 6.85. The van der Waals surface area contributed by atoms with Crippen molar-refractivity contribution in [1.29, 1.82) is 0 Å². The maximum atomic E-state index is 4.74. The van der Waals surface area contributed by atoms with Gasteiger partial charge in [-0.05, 0) is 24.3 Å². The Morgan fingerprint density at radius 3 is 1.65 bits per heavy atom. The van der Waals surface area contributed by atoms with E-state index in [1.54, 1.807) is 0 Å². The van der Waals surface area contributed by atoms with E-state index in [4.69, 9.17) is 9.97 Å². The Bertz CT molecular complexity index is 744. The molecular formula is C16H16N4. The van der Waals surface area contributed by atoms with E-state index < -0.39 is 0 Å². The Hall–Kier alpha value is -2.36. The Balaban J connectivity index is 2.05. The smallest absolute Gasteiger partial charge is 0.0916 e. The van der Waals surface area contributed by atoms with Crippen molar-refractivity contribution < 1.29 is 0 Å². The zero-order valence-electron chi connectivity index (χ0n) is 11.7. The van der Waals surface area contributed by atoms with Gasteiger partial charge in [-0.15, -0.1) is 0 Å². The van der Waals surface area contributed by atoms with Crippen LogP contribution in [0.5, 0.6) is 0 Å². The van der Waals surface area contributed by atoms with E-state index in [1.807, 2.05) is 24.3 Å². The number of benzene rings is 2. The fourth-order valence-corrected chi connectivity index (χ4v) is 2.80. The van der Waals surface area contributed by atoms with E-state index in [0.29, 0.717) is 0 Å². The van der Waals surface area contributed by atoms with E-state index in [1.165, 1.54) is 11.4 Å². The van der Waals surface area contributed by atoms with Gasteiger partial charge in [-0.1, -0.05) is 12.1 Å². The summed E-state index contributed by atoms with van der Waals surface area (Å²) in [6.07, 6.45) is 0. The van der Waals surface area contributed by atoms with Crippen LogP contribution in [-0.2, 0) is 0 Å². The summed E-state index contributed by atoms with van der Waals surface area (Å²) in [5.74, 6) is 0. The van der Waals surface area contributed by atoms with Crippen LogP contribution in [0.25, 0.3) is 22.1 Å². The number of hydrogen-bond acceptors (Lipinski definition) is 4. The first kappa shape index (κ1) is 11.5. The highest BCUT2D eigenvalue weighted by molar-refractivity contribution is 5.93. The topological polar surface area (TPSA) is 32.3 Å². The summed E-state index contributed by atoms with van der Waals surface area (Å²) in [6.45, 7) is 2.08. The van der Waals surface area contributed by atoms with Gasteiger partial charge in [0, 0.05) is 27.2 Å². The van der Waals surface area contributed by atoms with Crippen LogP contribution in [0.3, 0.4) is 0 Å². The average Bonchev–Trinajstić information content (AvgIpc) is 2.47. The van der Waals surface area contributed by atoms with Gasteiger partial charge in [0.2, 0.25) is 0 Å². The number of nitrogens with zero attached hydrogens (tertiary/aromatic N) is 4. The molecule has 0 unspecified atom stereocenters. The number of hydrogen-bond donors (Lipinski definition) is 0. The molecule has 4 nitrogen and oxygen atoms in total. The predicted octanol–water partition coefficient (Wildman–Crippen LogP) is 2.67. The van der Waals surface area contributed by atoms with Crippen molar-refractivity contribution >= 4 is 33.4 Å². The zero-order valence-corrected chi connectivity index (χ0v) is 11.7. The standard InChI is InChI=1S/C16H16N4/c1-19-7-8-20(2)16-10-14-13(9-15(16)19)17-11-5-3-4-6-12(11)18-14/h3-6,9-10H,7-8H2,1-2H3. The largest absolute Gasteiger partial charge is 0.371 e. The normalized spacial score (nSPS) is 14.9. The highest BCUT2D eigenvalue weighted by atomic mass is 15.2. The maximum absolute atomic E-state index is 4.74. The molecule has 3 aromatic rings. The third-order valence-corrected chi connectivity index (χ3v) is 4.03. The summed E-state index contributed by atoms with van der Waals surface area (Å²) >= 11 is 0. The van der Waals surface area contributed by atoms with Crippen molar-refractivity contribution in [3.63, 3.8) is 0 Å². The second-order valence-electron chi connectivity index (χ2n) is 5.39. The molecule has 0 atom stereocenters. The van der Waals surface area contributed by atoms with Crippen LogP contribution in [-0.4, -0.2) is 37.2 Å². The van der Waals surface area contributed by atoms with Gasteiger partial charge in [0.25, 0.3) is 0 Å². The fourth-order valence-electron chi connectivity index (χ4n) is 2.80. The van der Waals surface area contributed by atoms with Crippen LogP contribution in [0.15, 0.2) is 36.4 Å². The van der Waals surface area contributed by atoms with Gasteiger partial charge in [0.15, 0.2) is 0 Å². The minimum absolute atomic E-state index is 0.951. The summed E-state index contributed by atoms with van der Waals surface area (Å²) in [6, 6.07) is 12.3. The molecule has 1 aromatic heterocycles. The summed E-state index contributed by atoms with van der Waals surface area (Å²) in [5.41, 5.74) is 6.29. The van der Waals surface area contributed by atoms with Crippen molar-refractivity contribution in [3.8, 4) is 0 Å². The number of para-hydroxylation sites is 2. The first-order chi connectivity index (χ1) is 9.72. The van der Waals surface area contributed by atoms with E-state index in [-0.39, 0.29) is 0 Å². The summed E-state index contributed by atoms with van der Waals surface area (Å²) in [4.78, 5) is 14.0. The molecule has 1 aliphatic heterocycles. The van der Waals surface area contributed by atoms with Gasteiger partial charge in [-0.2, -0.15) is 0 Å². The third-order valence-electron chi connectivity index (χ3n) is 4.03. The predicted molar refractivity (Wildman–Crippen MR) is 83.6 cm³/mol. The molecule has 0 bridgehead atoms. The first-order valence-corrected chi connectivity index (χ1v) is 6.85. The molecule has 0 saturated carbocycles. The van der Waals surface area contributed by atoms with Gasteiger partial charge < -0.3 is 9.80 Å². The van der Waals surface area contributed by atoms with Crippen molar-refractivity contribution in [3.05, 3.63) is 36.4 Å². The molecule has 4 rings (SSSR count). The van der Waals surface area contributed by atoms with Crippen molar-refractivity contribution in [2.45, 2.75) is 0 Å². The highest BCUT2D eigenvalue weighted by Crippen LogP contribution is 2.34. The maximum Gasteiger partial charge on any atom is 0.0916 e. The molecule has 100 valence electrons. The highest BCUT2D eigenvalue weighted by Gasteiger charge is 2.19. The molecular weight excluding hydrogens is 248 g/mol. The van der Waals surface area contributed by atoms with Crippen LogP contribution < -0.4 is 9.80 Å². The zero-order chi connectivity index (χ0) is 13.7. The summed E-state index contributed by atoms with van der Waals surface area (Å²) < 4.78 is 0. The third kappa shape index (κ3) is 1.61. The number of fused-ring (bicyclic) bond motifs is 3. The summed E-state index contributed by atoms with van der Waals surface area (Å²) in [7, 11) is 4.26. The Morgan fingerprint density at radius 2 is 1.20 bits per heavy atom. The van der Waals surface area contributed by atoms with Crippen LogP contribution >= 0.6 is 0 Å². The lowest BCUT2D eigenvalue weighted by atomic mass is 10.1. The minimum atomic E-state index is 0.951. The van der Waals surface area contributed by atoms with Gasteiger partial charge >= 0.3 is 0 Å². The molecule has 0 saturated heterocycles. The van der Waals surface area contributed by atoms with Gasteiger partial charge in [0.05, 0.1) is 33.4 Å². The van der Waals surface area contributed by atoms with Crippen molar-refractivity contribution in [1.82, 2.24) is 9.97 Å². The van der Waals surface area contributed by atoms with Gasteiger partial charge in [-0.3, -0.25) is 0 Å². The monoisotopic (exact) mass is 264 g/mol. The second-order valence-corrected chi connectivity index (χ2v) is 5.39. The van der Waals surface area contributed by atoms with E-state index >= 15 is 0 Å². The molecule has 20 heavy (non-hydrogen) atoms. The van der Waals surface area contributed by atoms with Crippen LogP contribution in [0, 0.1) is 0 Å². The number of likely N-dealkylation sites (N-methyl/N-ethyl adjacent to an activating group) is 2. The minimum Gasteiger partial charge on any atom is -0.371 e. The molecule has 0 amide bonds. The number of rotatable bonds is 0. The Kier molecular flexibility index (Phi) is 2.33. The van der Waals surface area contributed by atoms with E-state index in [9.17, 15) is 0 Å². The van der Waals surface area contributed by atoms with Crippen LogP contribution in [0.1, 0.15) is 0 Å². The number of aromatic nitrogens is 2. The lowest BCUT2D eigenvalue weighted by Gasteiger charge is -2.34. The van der Waals surface area contributed by atoms with E-state index in [0.717, 1.165) is 35.2 Å².